The van der Waals surface area contributed by atoms with Crippen LogP contribution in [0.25, 0.3) is 11.1 Å². The van der Waals surface area contributed by atoms with Gasteiger partial charge in [0.15, 0.2) is 0 Å². The third kappa shape index (κ3) is 2.76. The molecule has 7 heteroatoms. The number of hydrogen-bond donors (Lipinski definition) is 0. The van der Waals surface area contributed by atoms with E-state index in [-0.39, 0.29) is 11.3 Å². The van der Waals surface area contributed by atoms with Gasteiger partial charge in [-0.2, -0.15) is 13.2 Å². The Kier molecular flexibility index (Phi) is 3.44. The number of nitrogens with zero attached hydrogens (tertiary/aromatic N) is 1. The highest BCUT2D eigenvalue weighted by molar-refractivity contribution is 5.65. The summed E-state index contributed by atoms with van der Waals surface area (Å²) in [5.41, 5.74) is -1.07. The Morgan fingerprint density at radius 2 is 1.50 bits per heavy atom. The smallest absolute Gasteiger partial charge is 0.258 e. The summed E-state index contributed by atoms with van der Waals surface area (Å²) >= 11 is 0. The van der Waals surface area contributed by atoms with Gasteiger partial charge in [0.25, 0.3) is 5.69 Å². The Morgan fingerprint density at radius 3 is 2.00 bits per heavy atom. The van der Waals surface area contributed by atoms with Gasteiger partial charge in [-0.3, -0.25) is 10.1 Å². The summed E-state index contributed by atoms with van der Waals surface area (Å²) in [6, 6.07) is 7.55. The molecule has 2 aromatic rings. The summed E-state index contributed by atoms with van der Waals surface area (Å²) < 4.78 is 50.9. The molecule has 0 atom stereocenters. The molecule has 0 saturated heterocycles. The van der Waals surface area contributed by atoms with Crippen molar-refractivity contribution in [3.05, 3.63) is 64.0 Å². The van der Waals surface area contributed by atoms with Gasteiger partial charge >= 0.3 is 6.18 Å². The molecule has 0 bridgehead atoms. The van der Waals surface area contributed by atoms with Crippen LogP contribution in [0, 0.1) is 15.9 Å². The van der Waals surface area contributed by atoms with Crippen LogP contribution in [0.3, 0.4) is 0 Å². The summed E-state index contributed by atoms with van der Waals surface area (Å²) in [5.74, 6) is -1.36. The molecular weight excluding hydrogens is 278 g/mol. The molecule has 0 N–H and O–H groups in total. The zero-order valence-electron chi connectivity index (χ0n) is 9.82. The van der Waals surface area contributed by atoms with E-state index in [1.807, 2.05) is 0 Å². The molecule has 2 rings (SSSR count). The number of halogens is 4. The topological polar surface area (TPSA) is 43.1 Å². The predicted octanol–water partition coefficient (Wildman–Crippen LogP) is 4.42. The number of benzene rings is 2. The van der Waals surface area contributed by atoms with E-state index in [9.17, 15) is 27.7 Å². The van der Waals surface area contributed by atoms with Gasteiger partial charge in [0.1, 0.15) is 5.82 Å². The van der Waals surface area contributed by atoms with Gasteiger partial charge in [-0.1, -0.05) is 6.07 Å². The minimum absolute atomic E-state index is 0.133. The number of alkyl halides is 3. The summed E-state index contributed by atoms with van der Waals surface area (Å²) in [6.07, 6.45) is -4.79. The van der Waals surface area contributed by atoms with Crippen molar-refractivity contribution in [2.45, 2.75) is 6.18 Å². The maximum atomic E-state index is 13.1. The molecule has 0 unspecified atom stereocenters. The summed E-state index contributed by atoms with van der Waals surface area (Å²) in [6.45, 7) is 0. The van der Waals surface area contributed by atoms with Crippen LogP contribution < -0.4 is 0 Å². The van der Waals surface area contributed by atoms with Crippen LogP contribution >= 0.6 is 0 Å². The lowest BCUT2D eigenvalue weighted by molar-refractivity contribution is -0.384. The van der Waals surface area contributed by atoms with Gasteiger partial charge in [-0.25, -0.2) is 4.39 Å². The second-order valence-electron chi connectivity index (χ2n) is 4.00. The Balaban J connectivity index is 2.45. The Hall–Kier alpha value is -2.44. The molecule has 0 aromatic heterocycles. The minimum Gasteiger partial charge on any atom is -0.258 e. The Labute approximate surface area is 110 Å². The largest absolute Gasteiger partial charge is 0.419 e. The monoisotopic (exact) mass is 285 g/mol. The van der Waals surface area contributed by atoms with Crippen molar-refractivity contribution in [1.29, 1.82) is 0 Å². The Bertz CT molecular complexity index is 650. The third-order valence-corrected chi connectivity index (χ3v) is 2.68. The fraction of sp³-hybridized carbons (Fsp3) is 0.0769. The number of non-ortho nitro benzene ring substituents is 1. The highest BCUT2D eigenvalue weighted by Crippen LogP contribution is 2.34. The lowest BCUT2D eigenvalue weighted by Gasteiger charge is -2.10. The van der Waals surface area contributed by atoms with Gasteiger partial charge in [0, 0.05) is 12.1 Å². The first kappa shape index (κ1) is 14.0. The summed E-state index contributed by atoms with van der Waals surface area (Å²) in [7, 11) is 0. The van der Waals surface area contributed by atoms with Crippen LogP contribution in [-0.2, 0) is 6.18 Å². The first-order valence-electron chi connectivity index (χ1n) is 5.40. The van der Waals surface area contributed by atoms with Crippen molar-refractivity contribution in [3.8, 4) is 11.1 Å². The van der Waals surface area contributed by atoms with E-state index in [2.05, 4.69) is 0 Å². The standard InChI is InChI=1S/C13H7F4NO2/c14-12-6-3-9(7-11(12)13(15,16)17)8-1-4-10(5-2-8)18(19)20/h1-7H. The highest BCUT2D eigenvalue weighted by Gasteiger charge is 2.34. The maximum Gasteiger partial charge on any atom is 0.419 e. The van der Waals surface area contributed by atoms with Gasteiger partial charge in [0.2, 0.25) is 0 Å². The van der Waals surface area contributed by atoms with Crippen molar-refractivity contribution in [1.82, 2.24) is 0 Å². The molecule has 0 saturated carbocycles. The van der Waals surface area contributed by atoms with Crippen LogP contribution in [0.4, 0.5) is 23.2 Å². The molecular formula is C13H7F4NO2. The predicted molar refractivity (Wildman–Crippen MR) is 63.5 cm³/mol. The molecule has 0 radical (unpaired) electrons. The van der Waals surface area contributed by atoms with Crippen LogP contribution in [0.15, 0.2) is 42.5 Å². The van der Waals surface area contributed by atoms with Crippen molar-refractivity contribution in [2.75, 3.05) is 0 Å². The van der Waals surface area contributed by atoms with Crippen LogP contribution in [0.5, 0.6) is 0 Å². The quantitative estimate of drug-likeness (QED) is 0.465. The van der Waals surface area contributed by atoms with Gasteiger partial charge in [-0.15, -0.1) is 0 Å². The SMILES string of the molecule is O=[N+]([O-])c1ccc(-c2ccc(F)c(C(F)(F)F)c2)cc1. The van der Waals surface area contributed by atoms with E-state index < -0.39 is 22.5 Å². The molecule has 0 aliphatic heterocycles. The summed E-state index contributed by atoms with van der Waals surface area (Å²) in [4.78, 5) is 9.87. The van der Waals surface area contributed by atoms with Crippen molar-refractivity contribution < 1.29 is 22.5 Å². The fourth-order valence-electron chi connectivity index (χ4n) is 1.70. The Morgan fingerprint density at radius 1 is 0.950 bits per heavy atom. The lowest BCUT2D eigenvalue weighted by atomic mass is 10.0. The highest BCUT2D eigenvalue weighted by atomic mass is 19.4. The molecule has 0 heterocycles. The van der Waals surface area contributed by atoms with Gasteiger partial charge in [-0.05, 0) is 35.4 Å². The molecule has 0 fully saturated rings. The molecule has 20 heavy (non-hydrogen) atoms. The van der Waals surface area contributed by atoms with Crippen molar-refractivity contribution in [2.24, 2.45) is 0 Å². The zero-order chi connectivity index (χ0) is 14.9. The zero-order valence-corrected chi connectivity index (χ0v) is 9.82. The normalized spacial score (nSPS) is 11.4. The first-order chi connectivity index (χ1) is 9.29. The molecule has 2 aromatic carbocycles. The fourth-order valence-corrected chi connectivity index (χ4v) is 1.70. The van der Waals surface area contributed by atoms with Crippen molar-refractivity contribution in [3.63, 3.8) is 0 Å². The number of rotatable bonds is 2. The van der Waals surface area contributed by atoms with E-state index in [4.69, 9.17) is 0 Å². The number of nitro benzene ring substituents is 1. The van der Waals surface area contributed by atoms with Crippen LogP contribution in [0.2, 0.25) is 0 Å². The average molecular weight is 285 g/mol. The van der Waals surface area contributed by atoms with Crippen LogP contribution in [-0.4, -0.2) is 4.92 Å². The van der Waals surface area contributed by atoms with Crippen LogP contribution in [0.1, 0.15) is 5.56 Å². The first-order valence-corrected chi connectivity index (χ1v) is 5.40. The number of nitro groups is 1. The second-order valence-corrected chi connectivity index (χ2v) is 4.00. The molecule has 104 valence electrons. The molecule has 0 aliphatic rings. The van der Waals surface area contributed by atoms with E-state index in [0.717, 1.165) is 6.07 Å². The number of hydrogen-bond acceptors (Lipinski definition) is 2. The van der Waals surface area contributed by atoms with Crippen molar-refractivity contribution >= 4 is 5.69 Å². The lowest BCUT2D eigenvalue weighted by Crippen LogP contribution is -2.08. The average Bonchev–Trinajstić information content (AvgIpc) is 2.38. The second kappa shape index (κ2) is 4.92. The molecule has 0 spiro atoms. The van der Waals surface area contributed by atoms with E-state index in [0.29, 0.717) is 11.6 Å². The minimum atomic E-state index is -4.79. The van der Waals surface area contributed by atoms with Gasteiger partial charge < -0.3 is 0 Å². The summed E-state index contributed by atoms with van der Waals surface area (Å²) in [5, 5.41) is 10.5. The van der Waals surface area contributed by atoms with E-state index in [1.54, 1.807) is 0 Å². The molecule has 0 amide bonds. The van der Waals surface area contributed by atoms with E-state index in [1.165, 1.54) is 30.3 Å². The molecule has 3 nitrogen and oxygen atoms in total. The maximum absolute atomic E-state index is 13.1. The van der Waals surface area contributed by atoms with Gasteiger partial charge in [0.05, 0.1) is 10.5 Å². The van der Waals surface area contributed by atoms with E-state index >= 15 is 0 Å². The third-order valence-electron chi connectivity index (χ3n) is 2.68. The molecule has 0 aliphatic carbocycles.